The molecule has 3 rings (SSSR count). The van der Waals surface area contributed by atoms with Crippen LogP contribution in [0.3, 0.4) is 0 Å². The number of halogens is 4. The molecule has 0 fully saturated rings. The molecule has 1 aliphatic carbocycles. The largest absolute Gasteiger partial charge is 0.205 e. The van der Waals surface area contributed by atoms with E-state index >= 15 is 0 Å². The van der Waals surface area contributed by atoms with E-state index in [1.165, 1.54) is 0 Å². The molecule has 0 saturated carbocycles. The molecule has 0 heterocycles. The lowest BCUT2D eigenvalue weighted by Gasteiger charge is -2.25. The Kier molecular flexibility index (Phi) is 5.13. The van der Waals surface area contributed by atoms with Crippen molar-refractivity contribution in [3.05, 3.63) is 69.8 Å². The van der Waals surface area contributed by atoms with Crippen molar-refractivity contribution in [3.63, 3.8) is 0 Å². The van der Waals surface area contributed by atoms with Crippen molar-refractivity contribution < 1.29 is 17.6 Å². The summed E-state index contributed by atoms with van der Waals surface area (Å²) in [5.41, 5.74) is 1.87. The van der Waals surface area contributed by atoms with E-state index in [4.69, 9.17) is 0 Å². The molecule has 1 aliphatic rings. The number of hydrogen-bond donors (Lipinski definition) is 0. The molecule has 0 radical (unpaired) electrons. The lowest BCUT2D eigenvalue weighted by atomic mass is 9.81. The van der Waals surface area contributed by atoms with Crippen LogP contribution in [0.25, 0.3) is 0 Å². The highest BCUT2D eigenvalue weighted by Gasteiger charge is 2.21. The fourth-order valence-electron chi connectivity index (χ4n) is 3.40. The molecule has 0 nitrogen and oxygen atoms in total. The van der Waals surface area contributed by atoms with Crippen LogP contribution in [0.2, 0.25) is 0 Å². The maximum absolute atomic E-state index is 14.7. The van der Waals surface area contributed by atoms with E-state index in [-0.39, 0.29) is 16.9 Å². The highest BCUT2D eigenvalue weighted by Crippen LogP contribution is 2.31. The van der Waals surface area contributed by atoms with Gasteiger partial charge in [-0.25, -0.2) is 17.6 Å². The van der Waals surface area contributed by atoms with Crippen LogP contribution in [0.4, 0.5) is 17.6 Å². The summed E-state index contributed by atoms with van der Waals surface area (Å²) in [5.74, 6) is 1.21. The third kappa shape index (κ3) is 3.71. The monoisotopic (exact) mass is 346 g/mol. The zero-order valence-corrected chi connectivity index (χ0v) is 13.9. The maximum atomic E-state index is 14.7. The fourth-order valence-corrected chi connectivity index (χ4v) is 3.40. The molecule has 0 amide bonds. The summed E-state index contributed by atoms with van der Waals surface area (Å²) < 4.78 is 54.1. The van der Waals surface area contributed by atoms with E-state index in [2.05, 4.69) is 18.8 Å². The Balaban J connectivity index is 1.89. The van der Waals surface area contributed by atoms with E-state index in [1.807, 2.05) is 6.07 Å². The molecule has 130 valence electrons. The third-order valence-electron chi connectivity index (χ3n) is 4.67. The minimum atomic E-state index is -1.54. The summed E-state index contributed by atoms with van der Waals surface area (Å²) in [4.78, 5) is 0. The van der Waals surface area contributed by atoms with E-state index < -0.39 is 17.5 Å². The number of benzene rings is 2. The van der Waals surface area contributed by atoms with E-state index in [0.717, 1.165) is 43.4 Å². The topological polar surface area (TPSA) is 0 Å². The molecule has 2 aromatic carbocycles. The number of rotatable bonds is 2. The molecule has 1 unspecified atom stereocenters. The second-order valence-corrected chi connectivity index (χ2v) is 6.47. The molecule has 0 bridgehead atoms. The van der Waals surface area contributed by atoms with Crippen LogP contribution in [0.1, 0.15) is 48.4 Å². The highest BCUT2D eigenvalue weighted by atomic mass is 19.2. The van der Waals surface area contributed by atoms with Gasteiger partial charge in [0.15, 0.2) is 17.5 Å². The first-order valence-corrected chi connectivity index (χ1v) is 8.46. The van der Waals surface area contributed by atoms with Crippen LogP contribution in [-0.2, 0) is 12.8 Å². The predicted molar refractivity (Wildman–Crippen MR) is 89.1 cm³/mol. The highest BCUT2D eigenvalue weighted by molar-refractivity contribution is 5.47. The fraction of sp³-hybridized carbons (Fsp3) is 0.333. The van der Waals surface area contributed by atoms with Gasteiger partial charge < -0.3 is 0 Å². The van der Waals surface area contributed by atoms with Crippen molar-refractivity contribution in [2.24, 2.45) is 5.92 Å². The lowest BCUT2D eigenvalue weighted by molar-refractivity contribution is 0.414. The van der Waals surface area contributed by atoms with Gasteiger partial charge >= 0.3 is 0 Å². The van der Waals surface area contributed by atoms with Crippen molar-refractivity contribution >= 4 is 0 Å². The minimum absolute atomic E-state index is 0.0310. The summed E-state index contributed by atoms with van der Waals surface area (Å²) in [7, 11) is 0. The number of fused-ring (bicyclic) bond motifs is 1. The Bertz CT molecular complexity index is 835. The first kappa shape index (κ1) is 17.5. The van der Waals surface area contributed by atoms with Gasteiger partial charge in [-0.2, -0.15) is 0 Å². The van der Waals surface area contributed by atoms with Gasteiger partial charge in [-0.15, -0.1) is 0 Å². The van der Waals surface area contributed by atoms with E-state index in [0.29, 0.717) is 17.9 Å². The van der Waals surface area contributed by atoms with Gasteiger partial charge in [-0.3, -0.25) is 0 Å². The average molecular weight is 346 g/mol. The first-order valence-electron chi connectivity index (χ1n) is 8.46. The third-order valence-corrected chi connectivity index (χ3v) is 4.67. The molecular formula is C21H18F4. The smallest absolute Gasteiger partial charge is 0.194 e. The van der Waals surface area contributed by atoms with Crippen LogP contribution in [0.15, 0.2) is 24.3 Å². The van der Waals surface area contributed by atoms with Crippen molar-refractivity contribution in [2.75, 3.05) is 0 Å². The zero-order valence-electron chi connectivity index (χ0n) is 13.9. The van der Waals surface area contributed by atoms with Crippen LogP contribution in [-0.4, -0.2) is 0 Å². The summed E-state index contributed by atoms with van der Waals surface area (Å²) in [6.07, 6.45) is 4.79. The molecule has 0 N–H and O–H groups in total. The Labute approximate surface area is 144 Å². The second kappa shape index (κ2) is 7.31. The van der Waals surface area contributed by atoms with Crippen LogP contribution < -0.4 is 0 Å². The zero-order chi connectivity index (χ0) is 18.0. The van der Waals surface area contributed by atoms with Crippen molar-refractivity contribution in [1.82, 2.24) is 0 Å². The van der Waals surface area contributed by atoms with E-state index in [1.54, 1.807) is 6.07 Å². The molecule has 0 aliphatic heterocycles. The molecule has 1 atom stereocenters. The van der Waals surface area contributed by atoms with Crippen LogP contribution in [0.5, 0.6) is 0 Å². The normalized spacial score (nSPS) is 16.1. The summed E-state index contributed by atoms with van der Waals surface area (Å²) in [5, 5.41) is 0. The molecule has 25 heavy (non-hydrogen) atoms. The quantitative estimate of drug-likeness (QED) is 0.380. The maximum Gasteiger partial charge on any atom is 0.194 e. The van der Waals surface area contributed by atoms with Gasteiger partial charge in [0.2, 0.25) is 0 Å². The lowest BCUT2D eigenvalue weighted by Crippen LogP contribution is -2.16. The molecular weight excluding hydrogens is 328 g/mol. The summed E-state index contributed by atoms with van der Waals surface area (Å²) >= 11 is 0. The molecule has 0 aromatic heterocycles. The van der Waals surface area contributed by atoms with Gasteiger partial charge in [0.25, 0.3) is 0 Å². The molecule has 4 heteroatoms. The molecule has 2 aromatic rings. The standard InChI is InChI=1S/C21H18F4/c1-2-3-13-5-9-17-16(10-13)8-7-15(20(17)24)6-4-14-11-18(22)21(25)19(23)12-14/h7-8,11-13H,2-3,5,9-10H2,1H3. The van der Waals surface area contributed by atoms with E-state index in [9.17, 15) is 17.6 Å². The van der Waals surface area contributed by atoms with Crippen LogP contribution >= 0.6 is 0 Å². The Morgan fingerprint density at radius 3 is 2.40 bits per heavy atom. The van der Waals surface area contributed by atoms with Crippen LogP contribution in [0, 0.1) is 41.0 Å². The van der Waals surface area contributed by atoms with Gasteiger partial charge in [0.05, 0.1) is 5.56 Å². The molecule has 0 spiro atoms. The van der Waals surface area contributed by atoms with Crippen molar-refractivity contribution in [1.29, 1.82) is 0 Å². The Morgan fingerprint density at radius 2 is 1.72 bits per heavy atom. The van der Waals surface area contributed by atoms with Gasteiger partial charge in [-0.1, -0.05) is 37.7 Å². The minimum Gasteiger partial charge on any atom is -0.205 e. The Hall–Kier alpha value is -2.28. The number of hydrogen-bond acceptors (Lipinski definition) is 0. The van der Waals surface area contributed by atoms with Gasteiger partial charge in [-0.05, 0) is 54.5 Å². The summed E-state index contributed by atoms with van der Waals surface area (Å²) in [6, 6.07) is 5.09. The SMILES string of the molecule is CCCC1CCc2c(ccc(C#Cc3cc(F)c(F)c(F)c3)c2F)C1. The average Bonchev–Trinajstić information content (AvgIpc) is 2.59. The van der Waals surface area contributed by atoms with Crippen molar-refractivity contribution in [2.45, 2.75) is 39.0 Å². The van der Waals surface area contributed by atoms with Gasteiger partial charge in [0.1, 0.15) is 5.82 Å². The first-order chi connectivity index (χ1) is 12.0. The second-order valence-electron chi connectivity index (χ2n) is 6.47. The van der Waals surface area contributed by atoms with Gasteiger partial charge in [0, 0.05) is 5.56 Å². The summed E-state index contributed by atoms with van der Waals surface area (Å²) in [6.45, 7) is 2.15. The predicted octanol–water partition coefficient (Wildman–Crippen LogP) is 5.55. The van der Waals surface area contributed by atoms with Crippen molar-refractivity contribution in [3.8, 4) is 11.8 Å². The Morgan fingerprint density at radius 1 is 1.00 bits per heavy atom. The molecule has 0 saturated heterocycles.